The first kappa shape index (κ1) is 12.1. The van der Waals surface area contributed by atoms with Crippen molar-refractivity contribution < 1.29 is 4.79 Å². The van der Waals surface area contributed by atoms with E-state index in [9.17, 15) is 4.79 Å². The molecule has 1 heterocycles. The van der Waals surface area contributed by atoms with Crippen LogP contribution >= 0.6 is 0 Å². The molecule has 1 aliphatic carbocycles. The van der Waals surface area contributed by atoms with E-state index in [4.69, 9.17) is 0 Å². The molecule has 92 valence electrons. The van der Waals surface area contributed by atoms with Gasteiger partial charge < -0.3 is 5.32 Å². The summed E-state index contributed by atoms with van der Waals surface area (Å²) >= 11 is 0. The summed E-state index contributed by atoms with van der Waals surface area (Å²) in [5.74, 6) is 1.29. The number of hydrogen-bond donors (Lipinski definition) is 1. The number of carbonyl (C=O) groups is 1. The maximum atomic E-state index is 12.0. The second kappa shape index (κ2) is 5.30. The van der Waals surface area contributed by atoms with Crippen LogP contribution in [0.15, 0.2) is 24.5 Å². The van der Waals surface area contributed by atoms with Crippen LogP contribution in [0.25, 0.3) is 0 Å². The Hall–Kier alpha value is -1.38. The van der Waals surface area contributed by atoms with Crippen molar-refractivity contribution in [1.82, 2.24) is 10.3 Å². The third-order valence-corrected chi connectivity index (χ3v) is 3.97. The lowest BCUT2D eigenvalue weighted by molar-refractivity contribution is 0.0891. The number of hydrogen-bond acceptors (Lipinski definition) is 2. The van der Waals surface area contributed by atoms with Crippen LogP contribution in [0.4, 0.5) is 0 Å². The fourth-order valence-electron chi connectivity index (χ4n) is 2.54. The molecular weight excluding hydrogens is 212 g/mol. The van der Waals surface area contributed by atoms with Gasteiger partial charge in [0.1, 0.15) is 0 Å². The molecule has 3 atom stereocenters. The molecule has 0 aromatic carbocycles. The van der Waals surface area contributed by atoms with Gasteiger partial charge in [0.25, 0.3) is 5.91 Å². The standard InChI is InChI=1S/C14H20N2O/c1-10-4-3-5-13(11(10)2)16-14(17)12-6-8-15-9-7-12/h6-11,13H,3-5H2,1-2H3,(H,16,17)/t10-,11+,13+/m0/s1. The number of rotatable bonds is 2. The molecular formula is C14H20N2O. The van der Waals surface area contributed by atoms with E-state index in [2.05, 4.69) is 24.1 Å². The summed E-state index contributed by atoms with van der Waals surface area (Å²) in [7, 11) is 0. The number of aromatic nitrogens is 1. The van der Waals surface area contributed by atoms with Crippen molar-refractivity contribution in [1.29, 1.82) is 0 Å². The Kier molecular flexibility index (Phi) is 3.77. The topological polar surface area (TPSA) is 42.0 Å². The molecule has 17 heavy (non-hydrogen) atoms. The molecule has 0 radical (unpaired) electrons. The summed E-state index contributed by atoms with van der Waals surface area (Å²) in [5.41, 5.74) is 0.699. The van der Waals surface area contributed by atoms with E-state index >= 15 is 0 Å². The molecule has 1 aliphatic rings. The minimum absolute atomic E-state index is 0.0263. The van der Waals surface area contributed by atoms with Crippen molar-refractivity contribution in [3.8, 4) is 0 Å². The van der Waals surface area contributed by atoms with Crippen LogP contribution in [-0.4, -0.2) is 16.9 Å². The highest BCUT2D eigenvalue weighted by atomic mass is 16.1. The third-order valence-electron chi connectivity index (χ3n) is 3.97. The van der Waals surface area contributed by atoms with Gasteiger partial charge >= 0.3 is 0 Å². The molecule has 1 N–H and O–H groups in total. The van der Waals surface area contributed by atoms with Gasteiger partial charge in [-0.15, -0.1) is 0 Å². The molecule has 3 heteroatoms. The van der Waals surface area contributed by atoms with Gasteiger partial charge in [-0.25, -0.2) is 0 Å². The van der Waals surface area contributed by atoms with Gasteiger partial charge in [0.05, 0.1) is 0 Å². The Bertz CT molecular complexity index is 377. The number of carbonyl (C=O) groups excluding carboxylic acids is 1. The molecule has 2 rings (SSSR count). The first-order chi connectivity index (χ1) is 8.18. The SMILES string of the molecule is C[C@@H]1[C@@H](C)CCC[C@H]1NC(=O)c1ccncc1. The first-order valence-electron chi connectivity index (χ1n) is 6.39. The van der Waals surface area contributed by atoms with Gasteiger partial charge in [-0.1, -0.05) is 26.7 Å². The Morgan fingerprint density at radius 3 is 2.71 bits per heavy atom. The van der Waals surface area contributed by atoms with Crippen LogP contribution in [0.2, 0.25) is 0 Å². The predicted molar refractivity (Wildman–Crippen MR) is 67.7 cm³/mol. The zero-order valence-electron chi connectivity index (χ0n) is 10.5. The van der Waals surface area contributed by atoms with Crippen molar-refractivity contribution in [3.63, 3.8) is 0 Å². The highest BCUT2D eigenvalue weighted by molar-refractivity contribution is 5.94. The molecule has 1 aromatic heterocycles. The fraction of sp³-hybridized carbons (Fsp3) is 0.571. The summed E-state index contributed by atoms with van der Waals surface area (Å²) in [6.07, 6.45) is 6.90. The van der Waals surface area contributed by atoms with Crippen LogP contribution in [0.5, 0.6) is 0 Å². The molecule has 1 fully saturated rings. The summed E-state index contributed by atoms with van der Waals surface area (Å²) in [6, 6.07) is 3.83. The maximum Gasteiger partial charge on any atom is 0.251 e. The summed E-state index contributed by atoms with van der Waals surface area (Å²) < 4.78 is 0. The number of nitrogens with zero attached hydrogens (tertiary/aromatic N) is 1. The van der Waals surface area contributed by atoms with Gasteiger partial charge in [-0.2, -0.15) is 0 Å². The first-order valence-corrected chi connectivity index (χ1v) is 6.39. The van der Waals surface area contributed by atoms with Crippen molar-refractivity contribution in [2.75, 3.05) is 0 Å². The van der Waals surface area contributed by atoms with Crippen molar-refractivity contribution in [3.05, 3.63) is 30.1 Å². The normalized spacial score (nSPS) is 28.7. The van der Waals surface area contributed by atoms with Crippen LogP contribution in [0, 0.1) is 11.8 Å². The quantitative estimate of drug-likeness (QED) is 0.851. The van der Waals surface area contributed by atoms with Crippen LogP contribution in [-0.2, 0) is 0 Å². The molecule has 1 amide bonds. The lowest BCUT2D eigenvalue weighted by Gasteiger charge is -2.34. The average Bonchev–Trinajstić information content (AvgIpc) is 2.36. The molecule has 1 saturated carbocycles. The van der Waals surface area contributed by atoms with E-state index in [-0.39, 0.29) is 5.91 Å². The van der Waals surface area contributed by atoms with Crippen LogP contribution in [0.3, 0.4) is 0 Å². The smallest absolute Gasteiger partial charge is 0.251 e. The molecule has 0 unspecified atom stereocenters. The van der Waals surface area contributed by atoms with Crippen molar-refractivity contribution >= 4 is 5.91 Å². The zero-order valence-corrected chi connectivity index (χ0v) is 10.5. The lowest BCUT2D eigenvalue weighted by atomic mass is 9.78. The fourth-order valence-corrected chi connectivity index (χ4v) is 2.54. The van der Waals surface area contributed by atoms with E-state index in [1.165, 1.54) is 12.8 Å². The largest absolute Gasteiger partial charge is 0.349 e. The minimum atomic E-state index is 0.0263. The highest BCUT2D eigenvalue weighted by Gasteiger charge is 2.28. The molecule has 1 aromatic rings. The number of pyridine rings is 1. The maximum absolute atomic E-state index is 12.0. The third kappa shape index (κ3) is 2.84. The molecule has 0 saturated heterocycles. The molecule has 0 bridgehead atoms. The van der Waals surface area contributed by atoms with E-state index in [0.29, 0.717) is 23.4 Å². The van der Waals surface area contributed by atoms with Gasteiger partial charge in [-0.3, -0.25) is 9.78 Å². The Morgan fingerprint density at radius 2 is 2.00 bits per heavy atom. The number of amides is 1. The van der Waals surface area contributed by atoms with E-state index < -0.39 is 0 Å². The van der Waals surface area contributed by atoms with Crippen molar-refractivity contribution in [2.24, 2.45) is 11.8 Å². The van der Waals surface area contributed by atoms with Gasteiger partial charge in [0, 0.05) is 24.0 Å². The minimum Gasteiger partial charge on any atom is -0.349 e. The van der Waals surface area contributed by atoms with Crippen LogP contribution < -0.4 is 5.32 Å². The van der Waals surface area contributed by atoms with Crippen LogP contribution in [0.1, 0.15) is 43.5 Å². The highest BCUT2D eigenvalue weighted by Crippen LogP contribution is 2.29. The van der Waals surface area contributed by atoms with Gasteiger partial charge in [-0.05, 0) is 30.4 Å². The Balaban J connectivity index is 1.99. The Morgan fingerprint density at radius 1 is 1.29 bits per heavy atom. The lowest BCUT2D eigenvalue weighted by Crippen LogP contribution is -2.43. The molecule has 0 spiro atoms. The summed E-state index contributed by atoms with van der Waals surface area (Å²) in [5, 5.41) is 3.15. The molecule has 3 nitrogen and oxygen atoms in total. The average molecular weight is 232 g/mol. The second-order valence-corrected chi connectivity index (χ2v) is 5.08. The zero-order chi connectivity index (χ0) is 12.3. The van der Waals surface area contributed by atoms with E-state index in [0.717, 1.165) is 6.42 Å². The van der Waals surface area contributed by atoms with E-state index in [1.807, 2.05) is 0 Å². The second-order valence-electron chi connectivity index (χ2n) is 5.08. The monoisotopic (exact) mass is 232 g/mol. The number of nitrogens with one attached hydrogen (secondary N) is 1. The van der Waals surface area contributed by atoms with Crippen molar-refractivity contribution in [2.45, 2.75) is 39.2 Å². The summed E-state index contributed by atoms with van der Waals surface area (Å²) in [4.78, 5) is 15.9. The van der Waals surface area contributed by atoms with Gasteiger partial charge in [0.15, 0.2) is 0 Å². The predicted octanol–water partition coefficient (Wildman–Crippen LogP) is 2.64. The van der Waals surface area contributed by atoms with E-state index in [1.54, 1.807) is 24.5 Å². The molecule has 0 aliphatic heterocycles. The summed E-state index contributed by atoms with van der Waals surface area (Å²) in [6.45, 7) is 4.51. The Labute approximate surface area is 103 Å². The van der Waals surface area contributed by atoms with Gasteiger partial charge in [0.2, 0.25) is 0 Å².